The third kappa shape index (κ3) is 3.70. The standard InChI is InChI=1S/C12H19N3O3S/c1-9-13-14-11(19-7-10(16)17)15(9)8-12(2)3-5-18-6-4-12/h3-8H2,1-2H3,(H,16,17). The van der Waals surface area contributed by atoms with Crippen molar-refractivity contribution in [1.82, 2.24) is 14.8 Å². The highest BCUT2D eigenvalue weighted by Crippen LogP contribution is 2.33. The van der Waals surface area contributed by atoms with E-state index >= 15 is 0 Å². The summed E-state index contributed by atoms with van der Waals surface area (Å²) < 4.78 is 7.43. The number of carboxylic acids is 1. The number of thioether (sulfide) groups is 1. The number of hydrogen-bond donors (Lipinski definition) is 1. The lowest BCUT2D eigenvalue weighted by molar-refractivity contribution is -0.133. The van der Waals surface area contributed by atoms with Crippen LogP contribution in [-0.2, 0) is 16.1 Å². The van der Waals surface area contributed by atoms with Gasteiger partial charge in [0.25, 0.3) is 0 Å². The van der Waals surface area contributed by atoms with E-state index in [1.807, 2.05) is 11.5 Å². The minimum Gasteiger partial charge on any atom is -0.481 e. The number of aryl methyl sites for hydroxylation is 1. The van der Waals surface area contributed by atoms with Gasteiger partial charge in [-0.05, 0) is 25.2 Å². The smallest absolute Gasteiger partial charge is 0.313 e. The molecule has 0 radical (unpaired) electrons. The zero-order chi connectivity index (χ0) is 13.9. The topological polar surface area (TPSA) is 77.2 Å². The number of nitrogens with zero attached hydrogens (tertiary/aromatic N) is 3. The van der Waals surface area contributed by atoms with Crippen LogP contribution in [0, 0.1) is 12.3 Å². The van der Waals surface area contributed by atoms with Crippen LogP contribution in [0.25, 0.3) is 0 Å². The van der Waals surface area contributed by atoms with Crippen LogP contribution in [0.5, 0.6) is 0 Å². The maximum Gasteiger partial charge on any atom is 0.313 e. The van der Waals surface area contributed by atoms with E-state index in [4.69, 9.17) is 9.84 Å². The zero-order valence-corrected chi connectivity index (χ0v) is 12.1. The van der Waals surface area contributed by atoms with Gasteiger partial charge in [-0.3, -0.25) is 4.79 Å². The second kappa shape index (κ2) is 5.92. The summed E-state index contributed by atoms with van der Waals surface area (Å²) in [5.41, 5.74) is 0.171. The number of aromatic nitrogens is 3. The molecule has 1 aliphatic heterocycles. The normalized spacial score (nSPS) is 18.4. The highest BCUT2D eigenvalue weighted by Gasteiger charge is 2.29. The monoisotopic (exact) mass is 285 g/mol. The average molecular weight is 285 g/mol. The molecule has 1 fully saturated rings. The molecular formula is C12H19N3O3S. The lowest BCUT2D eigenvalue weighted by atomic mass is 9.82. The molecule has 0 saturated carbocycles. The van der Waals surface area contributed by atoms with Crippen molar-refractivity contribution in [2.45, 2.75) is 38.4 Å². The van der Waals surface area contributed by atoms with Gasteiger partial charge in [-0.25, -0.2) is 0 Å². The lowest BCUT2D eigenvalue weighted by Crippen LogP contribution is -2.31. The van der Waals surface area contributed by atoms with Crippen molar-refractivity contribution in [1.29, 1.82) is 0 Å². The number of rotatable bonds is 5. The summed E-state index contributed by atoms with van der Waals surface area (Å²) in [4.78, 5) is 10.6. The molecule has 0 unspecified atom stereocenters. The molecule has 2 heterocycles. The van der Waals surface area contributed by atoms with Gasteiger partial charge >= 0.3 is 5.97 Å². The minimum absolute atomic E-state index is 0.0119. The van der Waals surface area contributed by atoms with Crippen LogP contribution in [-0.4, -0.2) is 44.8 Å². The Bertz CT molecular complexity index is 455. The van der Waals surface area contributed by atoms with Gasteiger partial charge in [-0.1, -0.05) is 18.7 Å². The van der Waals surface area contributed by atoms with Crippen LogP contribution < -0.4 is 0 Å². The fourth-order valence-corrected chi connectivity index (χ4v) is 2.88. The van der Waals surface area contributed by atoms with Crippen molar-refractivity contribution in [2.75, 3.05) is 19.0 Å². The van der Waals surface area contributed by atoms with Crippen LogP contribution >= 0.6 is 11.8 Å². The van der Waals surface area contributed by atoms with Gasteiger partial charge in [0.05, 0.1) is 5.75 Å². The van der Waals surface area contributed by atoms with E-state index in [-0.39, 0.29) is 11.2 Å². The van der Waals surface area contributed by atoms with Crippen LogP contribution in [0.3, 0.4) is 0 Å². The first kappa shape index (κ1) is 14.3. The van der Waals surface area contributed by atoms with Gasteiger partial charge < -0.3 is 14.4 Å². The van der Waals surface area contributed by atoms with E-state index in [0.29, 0.717) is 5.16 Å². The van der Waals surface area contributed by atoms with Crippen molar-refractivity contribution in [3.8, 4) is 0 Å². The van der Waals surface area contributed by atoms with Crippen molar-refractivity contribution in [2.24, 2.45) is 5.41 Å². The maximum absolute atomic E-state index is 10.6. The van der Waals surface area contributed by atoms with Gasteiger partial charge in [0.15, 0.2) is 5.16 Å². The largest absolute Gasteiger partial charge is 0.481 e. The number of carboxylic acid groups (broad SMARTS) is 1. The molecule has 6 nitrogen and oxygen atoms in total. The number of hydrogen-bond acceptors (Lipinski definition) is 5. The van der Waals surface area contributed by atoms with Gasteiger partial charge in [-0.15, -0.1) is 10.2 Å². The summed E-state index contributed by atoms with van der Waals surface area (Å²) in [5, 5.41) is 17.6. The van der Waals surface area contributed by atoms with Gasteiger partial charge in [0.1, 0.15) is 5.82 Å². The Labute approximate surface area is 116 Å². The number of ether oxygens (including phenoxy) is 1. The summed E-state index contributed by atoms with van der Waals surface area (Å²) in [6.45, 7) is 6.53. The zero-order valence-electron chi connectivity index (χ0n) is 11.3. The Balaban J connectivity index is 2.10. The number of carbonyl (C=O) groups is 1. The molecule has 1 saturated heterocycles. The molecule has 1 aromatic heterocycles. The summed E-state index contributed by atoms with van der Waals surface area (Å²) in [5.74, 6) is 0.00731. The highest BCUT2D eigenvalue weighted by atomic mass is 32.2. The second-order valence-corrected chi connectivity index (χ2v) is 6.16. The van der Waals surface area contributed by atoms with Crippen LogP contribution in [0.1, 0.15) is 25.6 Å². The third-order valence-corrected chi connectivity index (χ3v) is 4.42. The van der Waals surface area contributed by atoms with E-state index in [1.165, 1.54) is 11.8 Å². The predicted molar refractivity (Wildman–Crippen MR) is 71.3 cm³/mol. The summed E-state index contributed by atoms with van der Waals surface area (Å²) in [6, 6.07) is 0. The molecule has 0 atom stereocenters. The molecule has 0 aromatic carbocycles. The fraction of sp³-hybridized carbons (Fsp3) is 0.750. The molecular weight excluding hydrogens is 266 g/mol. The Morgan fingerprint density at radius 1 is 1.47 bits per heavy atom. The summed E-state index contributed by atoms with van der Waals surface area (Å²) >= 11 is 1.22. The molecule has 7 heteroatoms. The Hall–Kier alpha value is -1.08. The van der Waals surface area contributed by atoms with Crippen molar-refractivity contribution < 1.29 is 14.6 Å². The third-order valence-electron chi connectivity index (χ3n) is 3.47. The van der Waals surface area contributed by atoms with E-state index in [2.05, 4.69) is 17.1 Å². The van der Waals surface area contributed by atoms with Crippen molar-refractivity contribution >= 4 is 17.7 Å². The SMILES string of the molecule is Cc1nnc(SCC(=O)O)n1CC1(C)CCOCC1. The van der Waals surface area contributed by atoms with E-state index < -0.39 is 5.97 Å². The molecule has 1 aromatic rings. The summed E-state index contributed by atoms with van der Waals surface area (Å²) in [6.07, 6.45) is 2.02. The Morgan fingerprint density at radius 2 is 2.16 bits per heavy atom. The molecule has 0 aliphatic carbocycles. The first-order valence-corrected chi connectivity index (χ1v) is 7.31. The second-order valence-electron chi connectivity index (χ2n) is 5.22. The van der Waals surface area contributed by atoms with E-state index in [1.54, 1.807) is 0 Å². The molecule has 1 N–H and O–H groups in total. The molecule has 0 bridgehead atoms. The van der Waals surface area contributed by atoms with Gasteiger partial charge in [0, 0.05) is 19.8 Å². The fourth-order valence-electron chi connectivity index (χ4n) is 2.18. The van der Waals surface area contributed by atoms with Gasteiger partial charge in [0.2, 0.25) is 0 Å². The molecule has 106 valence electrons. The van der Waals surface area contributed by atoms with Crippen molar-refractivity contribution in [3.63, 3.8) is 0 Å². The Morgan fingerprint density at radius 3 is 2.79 bits per heavy atom. The first-order valence-electron chi connectivity index (χ1n) is 6.32. The van der Waals surface area contributed by atoms with Crippen molar-refractivity contribution in [3.05, 3.63) is 5.82 Å². The van der Waals surface area contributed by atoms with E-state index in [9.17, 15) is 4.79 Å². The quantitative estimate of drug-likeness (QED) is 0.828. The highest BCUT2D eigenvalue weighted by molar-refractivity contribution is 7.99. The average Bonchev–Trinajstić information content (AvgIpc) is 2.69. The van der Waals surface area contributed by atoms with Crippen LogP contribution in [0.4, 0.5) is 0 Å². The van der Waals surface area contributed by atoms with E-state index in [0.717, 1.165) is 38.4 Å². The molecule has 0 spiro atoms. The number of aliphatic carboxylic acids is 1. The molecule has 0 amide bonds. The summed E-state index contributed by atoms with van der Waals surface area (Å²) in [7, 11) is 0. The van der Waals surface area contributed by atoms with Crippen LogP contribution in [0.2, 0.25) is 0 Å². The minimum atomic E-state index is -0.838. The van der Waals surface area contributed by atoms with Crippen LogP contribution in [0.15, 0.2) is 5.16 Å². The Kier molecular flexibility index (Phi) is 4.46. The molecule has 1 aliphatic rings. The predicted octanol–water partition coefficient (Wildman–Crippen LogP) is 1.58. The first-order chi connectivity index (χ1) is 9.00. The maximum atomic E-state index is 10.6. The van der Waals surface area contributed by atoms with Gasteiger partial charge in [-0.2, -0.15) is 0 Å². The molecule has 19 heavy (non-hydrogen) atoms. The lowest BCUT2D eigenvalue weighted by Gasteiger charge is -2.34. The molecule has 2 rings (SSSR count).